The normalized spacial score (nSPS) is 13.8. The number of allylic oxidation sites excluding steroid dienone is 2. The van der Waals surface area contributed by atoms with Gasteiger partial charge in [0.25, 0.3) is 0 Å². The van der Waals surface area contributed by atoms with Crippen LogP contribution in [0.3, 0.4) is 0 Å². The van der Waals surface area contributed by atoms with Crippen LogP contribution >= 0.6 is 7.82 Å². The molecule has 0 fully saturated rings. The summed E-state index contributed by atoms with van der Waals surface area (Å²) >= 11 is 0. The zero-order chi connectivity index (χ0) is 37.2. The van der Waals surface area contributed by atoms with Gasteiger partial charge in [0.05, 0.1) is 27.7 Å². The molecule has 0 aliphatic heterocycles. The second kappa shape index (κ2) is 33.6. The first-order valence-electron chi connectivity index (χ1n) is 20.4. The molecule has 0 radical (unpaired) electrons. The van der Waals surface area contributed by atoms with E-state index >= 15 is 0 Å². The minimum atomic E-state index is -4.36. The molecule has 296 valence electrons. The van der Waals surface area contributed by atoms with Gasteiger partial charge >= 0.3 is 19.8 Å². The molecule has 0 rings (SSSR count). The largest absolute Gasteiger partial charge is 0.472 e. The number of hydrogen-bond donors (Lipinski definition) is 1. The van der Waals surface area contributed by atoms with Crippen molar-refractivity contribution >= 4 is 19.8 Å². The highest BCUT2D eigenvalue weighted by Crippen LogP contribution is 2.43. The molecule has 10 heteroatoms. The summed E-state index contributed by atoms with van der Waals surface area (Å²) in [5, 5.41) is 0. The van der Waals surface area contributed by atoms with Crippen LogP contribution in [0.2, 0.25) is 0 Å². The molecule has 2 atom stereocenters. The van der Waals surface area contributed by atoms with Gasteiger partial charge in [-0.1, -0.05) is 142 Å². The van der Waals surface area contributed by atoms with Gasteiger partial charge in [0.1, 0.15) is 19.8 Å². The van der Waals surface area contributed by atoms with Crippen molar-refractivity contribution in [2.45, 2.75) is 187 Å². The van der Waals surface area contributed by atoms with Gasteiger partial charge in [0.15, 0.2) is 6.10 Å². The fourth-order valence-corrected chi connectivity index (χ4v) is 6.28. The molecule has 0 spiro atoms. The monoisotopic (exact) mass is 733 g/mol. The van der Waals surface area contributed by atoms with E-state index in [1.54, 1.807) is 0 Å². The molecule has 1 N–H and O–H groups in total. The highest BCUT2D eigenvalue weighted by molar-refractivity contribution is 7.47. The van der Waals surface area contributed by atoms with Crippen LogP contribution in [0.25, 0.3) is 0 Å². The van der Waals surface area contributed by atoms with E-state index in [2.05, 4.69) is 26.0 Å². The smallest absolute Gasteiger partial charge is 0.462 e. The van der Waals surface area contributed by atoms with Gasteiger partial charge in [-0.3, -0.25) is 18.6 Å². The molecule has 0 heterocycles. The van der Waals surface area contributed by atoms with Crippen LogP contribution in [0.1, 0.15) is 181 Å². The quantitative estimate of drug-likeness (QED) is 0.0221. The van der Waals surface area contributed by atoms with Crippen LogP contribution in [0.15, 0.2) is 12.2 Å². The molecule has 50 heavy (non-hydrogen) atoms. The molecule has 0 saturated carbocycles. The zero-order valence-corrected chi connectivity index (χ0v) is 34.0. The second-order valence-corrected chi connectivity index (χ2v) is 16.5. The van der Waals surface area contributed by atoms with Gasteiger partial charge in [-0.15, -0.1) is 0 Å². The minimum absolute atomic E-state index is 0.0336. The Bertz CT molecular complexity index is 876. The molecule has 0 aromatic heterocycles. The number of hydrogen-bond acceptors (Lipinski definition) is 7. The Balaban J connectivity index is 4.15. The van der Waals surface area contributed by atoms with Crippen molar-refractivity contribution < 1.29 is 42.1 Å². The maximum atomic E-state index is 12.6. The zero-order valence-electron chi connectivity index (χ0n) is 33.1. The molecule has 0 aromatic carbocycles. The third-order valence-electron chi connectivity index (χ3n) is 8.80. The summed E-state index contributed by atoms with van der Waals surface area (Å²) in [5.74, 6) is -0.810. The van der Waals surface area contributed by atoms with E-state index in [0.29, 0.717) is 17.4 Å². The van der Waals surface area contributed by atoms with Gasteiger partial charge in [-0.25, -0.2) is 4.57 Å². The minimum Gasteiger partial charge on any atom is -0.462 e. The maximum absolute atomic E-state index is 12.6. The van der Waals surface area contributed by atoms with Crippen molar-refractivity contribution in [1.29, 1.82) is 0 Å². The van der Waals surface area contributed by atoms with Crippen LogP contribution < -0.4 is 0 Å². The van der Waals surface area contributed by atoms with Gasteiger partial charge < -0.3 is 18.9 Å². The van der Waals surface area contributed by atoms with Crippen LogP contribution in [0, 0.1) is 0 Å². The van der Waals surface area contributed by atoms with E-state index in [1.807, 2.05) is 21.1 Å². The number of esters is 2. The number of carbonyl (C=O) groups is 2. The fourth-order valence-electron chi connectivity index (χ4n) is 5.54. The molecule has 0 amide bonds. The van der Waals surface area contributed by atoms with Crippen molar-refractivity contribution in [2.24, 2.45) is 0 Å². The number of ether oxygens (including phenoxy) is 2. The Hall–Kier alpha value is -1.25. The molecule has 0 bridgehead atoms. The Morgan fingerprint density at radius 1 is 0.600 bits per heavy atom. The van der Waals surface area contributed by atoms with Gasteiger partial charge in [0, 0.05) is 12.8 Å². The molecular formula is C40H79NO8P+. The van der Waals surface area contributed by atoms with Crippen molar-refractivity contribution in [3.05, 3.63) is 12.2 Å². The summed E-state index contributed by atoms with van der Waals surface area (Å²) in [4.78, 5) is 34.9. The lowest BCUT2D eigenvalue weighted by atomic mass is 10.1. The van der Waals surface area contributed by atoms with E-state index in [4.69, 9.17) is 18.5 Å². The molecule has 0 saturated heterocycles. The standard InChI is InChI=1S/C40H78NO8P/c1-6-8-10-12-13-14-15-16-17-18-19-20-21-22-23-24-25-26-27-29-31-33-40(43)49-38(36-46-39(42)32-30-28-11-9-7-2)37-48-50(44,45)47-35-34-41(3,4)5/h18-19,38H,6-17,20-37H2,1-5H3/p+1/b19-18-. The van der Waals surface area contributed by atoms with E-state index in [0.717, 1.165) is 51.4 Å². The summed E-state index contributed by atoms with van der Waals surface area (Å²) in [6.45, 7) is 4.33. The van der Waals surface area contributed by atoms with Gasteiger partial charge in [-0.05, 0) is 38.5 Å². The molecule has 9 nitrogen and oxygen atoms in total. The first-order chi connectivity index (χ1) is 24.0. The SMILES string of the molecule is CCCCCCCCCC/C=C\CCCCCCCCCCCC(=O)OC(COC(=O)CCCCCCC)COP(=O)(O)OCC[N+](C)(C)C. The van der Waals surface area contributed by atoms with E-state index in [-0.39, 0.29) is 32.0 Å². The summed E-state index contributed by atoms with van der Waals surface area (Å²) < 4.78 is 34.0. The molecule has 0 aliphatic carbocycles. The van der Waals surface area contributed by atoms with Crippen molar-refractivity contribution in [3.8, 4) is 0 Å². The van der Waals surface area contributed by atoms with Crippen molar-refractivity contribution in [1.82, 2.24) is 0 Å². The molecule has 0 aromatic rings. The first-order valence-corrected chi connectivity index (χ1v) is 21.9. The summed E-state index contributed by atoms with van der Waals surface area (Å²) in [7, 11) is 1.48. The Morgan fingerprint density at radius 2 is 1.02 bits per heavy atom. The third-order valence-corrected chi connectivity index (χ3v) is 9.78. The maximum Gasteiger partial charge on any atom is 0.472 e. The highest BCUT2D eigenvalue weighted by Gasteiger charge is 2.27. The average Bonchev–Trinajstić information content (AvgIpc) is 3.06. The lowest BCUT2D eigenvalue weighted by Gasteiger charge is -2.24. The molecular weight excluding hydrogens is 653 g/mol. The summed E-state index contributed by atoms with van der Waals surface area (Å²) in [6, 6.07) is 0. The number of carbonyl (C=O) groups excluding carboxylic acids is 2. The number of likely N-dealkylation sites (N-methyl/N-ethyl adjacent to an activating group) is 1. The van der Waals surface area contributed by atoms with Crippen LogP contribution in [-0.4, -0.2) is 74.9 Å². The van der Waals surface area contributed by atoms with Crippen LogP contribution in [0.4, 0.5) is 0 Å². The number of unbranched alkanes of at least 4 members (excludes halogenated alkanes) is 21. The fraction of sp³-hybridized carbons (Fsp3) is 0.900. The number of quaternary nitrogens is 1. The molecule has 2 unspecified atom stereocenters. The number of nitrogens with zero attached hydrogens (tertiary/aromatic N) is 1. The lowest BCUT2D eigenvalue weighted by Crippen LogP contribution is -2.37. The second-order valence-electron chi connectivity index (χ2n) is 15.0. The van der Waals surface area contributed by atoms with E-state index < -0.39 is 26.5 Å². The highest BCUT2D eigenvalue weighted by atomic mass is 31.2. The number of rotatable bonds is 37. The molecule has 0 aliphatic rings. The predicted octanol–water partition coefficient (Wildman–Crippen LogP) is 11.0. The third kappa shape index (κ3) is 36.5. The Kier molecular flexibility index (Phi) is 32.7. The van der Waals surface area contributed by atoms with Crippen LogP contribution in [0.5, 0.6) is 0 Å². The Morgan fingerprint density at radius 3 is 1.48 bits per heavy atom. The summed E-state index contributed by atoms with van der Waals surface area (Å²) in [6.07, 6.45) is 33.0. The van der Waals surface area contributed by atoms with Crippen molar-refractivity contribution in [2.75, 3.05) is 47.5 Å². The van der Waals surface area contributed by atoms with Crippen molar-refractivity contribution in [3.63, 3.8) is 0 Å². The van der Waals surface area contributed by atoms with Crippen LogP contribution in [-0.2, 0) is 32.7 Å². The number of phosphoric acid groups is 1. The lowest BCUT2D eigenvalue weighted by molar-refractivity contribution is -0.870. The predicted molar refractivity (Wildman–Crippen MR) is 206 cm³/mol. The number of phosphoric ester groups is 1. The first kappa shape index (κ1) is 48.8. The average molecular weight is 733 g/mol. The van der Waals surface area contributed by atoms with E-state index in [9.17, 15) is 19.0 Å². The summed E-state index contributed by atoms with van der Waals surface area (Å²) in [5.41, 5.74) is 0. The Labute approximate surface area is 307 Å². The van der Waals surface area contributed by atoms with Gasteiger partial charge in [0.2, 0.25) is 0 Å². The van der Waals surface area contributed by atoms with E-state index in [1.165, 1.54) is 96.3 Å². The van der Waals surface area contributed by atoms with Gasteiger partial charge in [-0.2, -0.15) is 0 Å². The topological polar surface area (TPSA) is 108 Å².